The van der Waals surface area contributed by atoms with Gasteiger partial charge in [-0.15, -0.1) is 11.8 Å². The molecule has 1 saturated heterocycles. The number of aromatic nitrogens is 1. The predicted molar refractivity (Wildman–Crippen MR) is 173 cm³/mol. The molecule has 1 fully saturated rings. The maximum Gasteiger partial charge on any atom is 0.303 e. The van der Waals surface area contributed by atoms with Gasteiger partial charge in [-0.2, -0.15) is 0 Å². The minimum Gasteiger partial charge on any atom is -0.453 e. The fourth-order valence-electron chi connectivity index (χ4n) is 5.27. The van der Waals surface area contributed by atoms with E-state index in [1.165, 1.54) is 6.92 Å². The summed E-state index contributed by atoms with van der Waals surface area (Å²) in [4.78, 5) is 28.0. The molecule has 8 nitrogen and oxygen atoms in total. The highest BCUT2D eigenvalue weighted by Crippen LogP contribution is 2.43. The highest BCUT2D eigenvalue weighted by Gasteiger charge is 2.38. The summed E-state index contributed by atoms with van der Waals surface area (Å²) in [6.07, 6.45) is 0.0218. The molecule has 5 atom stereocenters. The lowest BCUT2D eigenvalue weighted by molar-refractivity contribution is -0.268. The van der Waals surface area contributed by atoms with Crippen LogP contribution in [0.5, 0.6) is 0 Å². The van der Waals surface area contributed by atoms with Crippen LogP contribution in [0.25, 0.3) is 11.1 Å². The second-order valence-corrected chi connectivity index (χ2v) is 12.1. The number of pyridine rings is 1. The monoisotopic (exact) mass is 626 g/mol. The lowest BCUT2D eigenvalue weighted by Crippen LogP contribution is -2.38. The van der Waals surface area contributed by atoms with Gasteiger partial charge in [0.15, 0.2) is 12.4 Å². The fourth-order valence-corrected chi connectivity index (χ4v) is 6.30. The lowest BCUT2D eigenvalue weighted by Gasteiger charge is -2.41. The average Bonchev–Trinajstić information content (AvgIpc) is 3.07. The molecule has 1 amide bonds. The zero-order valence-electron chi connectivity index (χ0n) is 25.6. The quantitative estimate of drug-likeness (QED) is 0.146. The summed E-state index contributed by atoms with van der Waals surface area (Å²) in [7, 11) is 0. The molecule has 0 saturated carbocycles. The summed E-state index contributed by atoms with van der Waals surface area (Å²) < 4.78 is 18.3. The number of aliphatic hydroxyl groups is 1. The summed E-state index contributed by atoms with van der Waals surface area (Å²) in [5.41, 5.74) is 5.68. The van der Waals surface area contributed by atoms with Crippen molar-refractivity contribution in [3.8, 4) is 11.1 Å². The Morgan fingerprint density at radius 3 is 2.40 bits per heavy atom. The van der Waals surface area contributed by atoms with Gasteiger partial charge in [0, 0.05) is 36.9 Å². The van der Waals surface area contributed by atoms with Crippen LogP contribution in [0, 0.1) is 5.92 Å². The molecule has 3 aromatic carbocycles. The number of aliphatic hydroxyl groups excluding tert-OH is 1. The molecule has 2 heterocycles. The van der Waals surface area contributed by atoms with Gasteiger partial charge in [0.1, 0.15) is 0 Å². The number of ether oxygens (including phenoxy) is 3. The highest BCUT2D eigenvalue weighted by molar-refractivity contribution is 7.99. The summed E-state index contributed by atoms with van der Waals surface area (Å²) in [6, 6.07) is 29.9. The molecule has 1 aliphatic heterocycles. The minimum absolute atomic E-state index is 0.00972. The van der Waals surface area contributed by atoms with Crippen molar-refractivity contribution < 1.29 is 28.9 Å². The minimum atomic E-state index is -0.858. The molecular weight excluding hydrogens is 588 g/mol. The van der Waals surface area contributed by atoms with Gasteiger partial charge in [-0.25, -0.2) is 4.98 Å². The Labute approximate surface area is 268 Å². The van der Waals surface area contributed by atoms with E-state index in [-0.39, 0.29) is 30.6 Å². The van der Waals surface area contributed by atoms with Crippen LogP contribution < -0.4 is 5.32 Å². The first kappa shape index (κ1) is 32.4. The van der Waals surface area contributed by atoms with Gasteiger partial charge in [-0.1, -0.05) is 73.7 Å². The van der Waals surface area contributed by atoms with E-state index in [0.29, 0.717) is 12.3 Å². The van der Waals surface area contributed by atoms with E-state index in [4.69, 9.17) is 14.2 Å². The first-order chi connectivity index (χ1) is 21.8. The van der Waals surface area contributed by atoms with Crippen LogP contribution in [0.1, 0.15) is 55.4 Å². The molecule has 0 spiro atoms. The van der Waals surface area contributed by atoms with Crippen LogP contribution >= 0.6 is 11.8 Å². The number of esters is 1. The number of carbonyl (C=O) groups is 2. The SMILES string of the molecule is CC(=O)OC(C)C(=O)NCc1cccc(-c2cccc(C3OC(CSc4ccccn4)C(C)C(c4ccc(CO)cc4)O3)c2)c1. The van der Waals surface area contributed by atoms with E-state index in [1.807, 2.05) is 84.9 Å². The first-order valence-corrected chi connectivity index (χ1v) is 16.0. The van der Waals surface area contributed by atoms with Gasteiger partial charge in [-0.05, 0) is 59.0 Å². The van der Waals surface area contributed by atoms with Crippen LogP contribution in [-0.4, -0.2) is 39.9 Å². The standard InChI is InChI=1S/C36H38N2O6S/c1-23-32(22-45-33-12-4-5-17-37-33)43-36(44-34(23)28-15-13-26(21-39)14-16-28)31-11-7-10-30(19-31)29-9-6-8-27(18-29)20-38-35(41)24(2)42-25(3)40/h4-19,23-24,32,34,36,39H,20-22H2,1-3H3,(H,38,41). The second kappa shape index (κ2) is 15.3. The van der Waals surface area contributed by atoms with E-state index >= 15 is 0 Å². The van der Waals surface area contributed by atoms with Crippen molar-refractivity contribution in [2.75, 3.05) is 5.75 Å². The summed E-state index contributed by atoms with van der Waals surface area (Å²) in [5.74, 6) is -0.0674. The molecule has 45 heavy (non-hydrogen) atoms. The molecule has 2 N–H and O–H groups in total. The molecule has 9 heteroatoms. The largest absolute Gasteiger partial charge is 0.453 e. The third kappa shape index (κ3) is 8.58. The molecule has 234 valence electrons. The Bertz CT molecular complexity index is 1580. The molecule has 0 bridgehead atoms. The van der Waals surface area contributed by atoms with Crippen molar-refractivity contribution in [3.63, 3.8) is 0 Å². The molecule has 4 aromatic rings. The first-order valence-electron chi connectivity index (χ1n) is 15.0. The number of rotatable bonds is 11. The summed E-state index contributed by atoms with van der Waals surface area (Å²) >= 11 is 1.66. The Kier molecular flexibility index (Phi) is 11.0. The average molecular weight is 627 g/mol. The lowest BCUT2D eigenvalue weighted by atomic mass is 9.91. The molecule has 1 aliphatic rings. The van der Waals surface area contributed by atoms with Crippen molar-refractivity contribution in [2.24, 2.45) is 5.92 Å². The maximum atomic E-state index is 12.3. The summed E-state index contributed by atoms with van der Waals surface area (Å²) in [5, 5.41) is 13.3. The van der Waals surface area contributed by atoms with Gasteiger partial charge < -0.3 is 24.6 Å². The molecule has 5 unspecified atom stereocenters. The van der Waals surface area contributed by atoms with Gasteiger partial charge >= 0.3 is 5.97 Å². The Morgan fingerprint density at radius 1 is 0.933 bits per heavy atom. The smallest absolute Gasteiger partial charge is 0.303 e. The normalized spacial score (nSPS) is 20.3. The van der Waals surface area contributed by atoms with Crippen LogP contribution in [0.2, 0.25) is 0 Å². The van der Waals surface area contributed by atoms with Gasteiger partial charge in [0.05, 0.1) is 23.8 Å². The van der Waals surface area contributed by atoms with E-state index in [1.54, 1.807) is 24.9 Å². The highest BCUT2D eigenvalue weighted by atomic mass is 32.2. The van der Waals surface area contributed by atoms with Gasteiger partial charge in [0.2, 0.25) is 0 Å². The van der Waals surface area contributed by atoms with Crippen molar-refractivity contribution in [1.82, 2.24) is 10.3 Å². The van der Waals surface area contributed by atoms with Gasteiger partial charge in [0.25, 0.3) is 5.91 Å². The number of carbonyl (C=O) groups excluding carboxylic acids is 2. The Hall–Kier alpha value is -4.02. The van der Waals surface area contributed by atoms with E-state index in [2.05, 4.69) is 23.3 Å². The van der Waals surface area contributed by atoms with Crippen molar-refractivity contribution in [2.45, 2.75) is 63.6 Å². The predicted octanol–water partition coefficient (Wildman–Crippen LogP) is 6.39. The van der Waals surface area contributed by atoms with Crippen LogP contribution in [0.15, 0.2) is 102 Å². The number of benzene rings is 3. The topological polar surface area (TPSA) is 107 Å². The Morgan fingerprint density at radius 2 is 1.69 bits per heavy atom. The molecule has 5 rings (SSSR count). The maximum absolute atomic E-state index is 12.3. The molecule has 1 aromatic heterocycles. The summed E-state index contributed by atoms with van der Waals surface area (Å²) in [6.45, 7) is 5.27. The third-order valence-corrected chi connectivity index (χ3v) is 8.79. The van der Waals surface area contributed by atoms with Crippen molar-refractivity contribution in [1.29, 1.82) is 0 Å². The fraction of sp³-hybridized carbons (Fsp3) is 0.306. The number of thioether (sulfide) groups is 1. The molecule has 0 aliphatic carbocycles. The number of nitrogens with one attached hydrogen (secondary N) is 1. The number of hydrogen-bond donors (Lipinski definition) is 2. The number of amides is 1. The zero-order chi connectivity index (χ0) is 31.8. The Balaban J connectivity index is 1.35. The van der Waals surface area contributed by atoms with Crippen LogP contribution in [-0.2, 0) is 37.0 Å². The number of nitrogens with zero attached hydrogens (tertiary/aromatic N) is 1. The zero-order valence-corrected chi connectivity index (χ0v) is 26.4. The molecule has 0 radical (unpaired) electrons. The molecular formula is C36H38N2O6S. The van der Waals surface area contributed by atoms with Crippen molar-refractivity contribution in [3.05, 3.63) is 119 Å². The second-order valence-electron chi connectivity index (χ2n) is 11.1. The van der Waals surface area contributed by atoms with E-state index < -0.39 is 18.4 Å². The van der Waals surface area contributed by atoms with Gasteiger partial charge in [-0.3, -0.25) is 9.59 Å². The number of hydrogen-bond acceptors (Lipinski definition) is 8. The van der Waals surface area contributed by atoms with E-state index in [9.17, 15) is 14.7 Å². The van der Waals surface area contributed by atoms with Crippen molar-refractivity contribution >= 4 is 23.6 Å². The third-order valence-electron chi connectivity index (χ3n) is 7.75. The van der Waals surface area contributed by atoms with Crippen LogP contribution in [0.4, 0.5) is 0 Å². The van der Waals surface area contributed by atoms with E-state index in [0.717, 1.165) is 38.4 Å². The van der Waals surface area contributed by atoms with Crippen LogP contribution in [0.3, 0.4) is 0 Å².